The summed E-state index contributed by atoms with van der Waals surface area (Å²) in [4.78, 5) is 11.1. The number of nitrogen functional groups attached to an aromatic ring is 1. The molecule has 30 heavy (non-hydrogen) atoms. The Morgan fingerprint density at radius 2 is 1.97 bits per heavy atom. The molecule has 1 unspecified atom stereocenters. The Hall–Kier alpha value is -2.33. The van der Waals surface area contributed by atoms with Crippen molar-refractivity contribution in [3.63, 3.8) is 0 Å². The summed E-state index contributed by atoms with van der Waals surface area (Å²) < 4.78 is 39.6. The normalized spacial score (nSPS) is 17.1. The van der Waals surface area contributed by atoms with E-state index < -0.39 is 23.6 Å². The smallest absolute Gasteiger partial charge is 0.266 e. The fourth-order valence-electron chi connectivity index (χ4n) is 3.25. The van der Waals surface area contributed by atoms with Crippen molar-refractivity contribution in [1.29, 1.82) is 0 Å². The first-order valence-electron chi connectivity index (χ1n) is 9.69. The number of hydrogen-bond acceptors (Lipinski definition) is 7. The molecule has 7 nitrogen and oxygen atoms in total. The fraction of sp³-hybridized carbons (Fsp3) is 0.500. The van der Waals surface area contributed by atoms with Crippen molar-refractivity contribution >= 4 is 34.4 Å². The molecule has 1 aromatic carbocycles. The van der Waals surface area contributed by atoms with E-state index in [1.54, 1.807) is 12.3 Å². The minimum Gasteiger partial charge on any atom is -0.612 e. The summed E-state index contributed by atoms with van der Waals surface area (Å²) in [5.74, 6) is -1.84. The molecule has 0 spiro atoms. The molecule has 1 fully saturated rings. The molecule has 4 N–H and O–H groups in total. The zero-order valence-corrected chi connectivity index (χ0v) is 18.4. The minimum atomic E-state index is -2.77. The summed E-state index contributed by atoms with van der Waals surface area (Å²) in [5, 5.41) is 6.35. The molecule has 0 saturated carbocycles. The average Bonchev–Trinajstić information content (AvgIpc) is 3.00. The Labute approximate surface area is 178 Å². The highest BCUT2D eigenvalue weighted by Gasteiger charge is 2.40. The molecule has 3 rings (SSSR count). The molecule has 0 aliphatic carbocycles. The molecule has 1 atom stereocenters. The number of benzene rings is 1. The summed E-state index contributed by atoms with van der Waals surface area (Å²) in [5.41, 5.74) is 7.01. The van der Waals surface area contributed by atoms with Gasteiger partial charge in [-0.3, -0.25) is 0 Å². The van der Waals surface area contributed by atoms with Crippen molar-refractivity contribution in [3.8, 4) is 0 Å². The molecular formula is C20H28F2N6OS. The molecule has 1 saturated heterocycles. The topological polar surface area (TPSA) is 102 Å². The number of nitrogens with two attached hydrogens (primary N) is 1. The van der Waals surface area contributed by atoms with Gasteiger partial charge in [0.25, 0.3) is 5.92 Å². The Bertz CT molecular complexity index is 903. The van der Waals surface area contributed by atoms with Crippen LogP contribution in [0.4, 0.5) is 32.1 Å². The van der Waals surface area contributed by atoms with Gasteiger partial charge in [-0.15, -0.1) is 0 Å². The van der Waals surface area contributed by atoms with Crippen molar-refractivity contribution < 1.29 is 13.3 Å². The van der Waals surface area contributed by atoms with Gasteiger partial charge in [-0.1, -0.05) is 18.2 Å². The maximum atomic E-state index is 13.8. The summed E-state index contributed by atoms with van der Waals surface area (Å²) in [6, 6.07) is 7.37. The number of halogens is 2. The molecule has 1 aliphatic rings. The molecule has 0 radical (unpaired) electrons. The maximum absolute atomic E-state index is 13.8. The molecule has 10 heteroatoms. The Kier molecular flexibility index (Phi) is 6.28. The van der Waals surface area contributed by atoms with E-state index in [0.29, 0.717) is 23.2 Å². The van der Waals surface area contributed by atoms with Crippen LogP contribution in [0, 0.1) is 0 Å². The van der Waals surface area contributed by atoms with Crippen molar-refractivity contribution in [1.82, 2.24) is 9.97 Å². The number of alkyl halides is 2. The lowest BCUT2D eigenvalue weighted by atomic mass is 10.1. The fourth-order valence-corrected chi connectivity index (χ4v) is 4.03. The summed E-state index contributed by atoms with van der Waals surface area (Å²) >= 11 is -1.14. The van der Waals surface area contributed by atoms with E-state index in [2.05, 4.69) is 20.6 Å². The van der Waals surface area contributed by atoms with Gasteiger partial charge in [0.2, 0.25) is 5.95 Å². The van der Waals surface area contributed by atoms with Gasteiger partial charge in [-0.2, -0.15) is 9.97 Å². The second-order valence-electron chi connectivity index (χ2n) is 8.45. The highest BCUT2D eigenvalue weighted by Crippen LogP contribution is 2.36. The van der Waals surface area contributed by atoms with Crippen LogP contribution in [0.1, 0.15) is 32.8 Å². The van der Waals surface area contributed by atoms with Crippen molar-refractivity contribution in [2.45, 2.75) is 50.1 Å². The summed E-state index contributed by atoms with van der Waals surface area (Å²) in [7, 11) is 0. The number of rotatable bonds is 6. The molecule has 1 aromatic heterocycles. The third-order valence-electron chi connectivity index (χ3n) is 4.61. The molecule has 0 bridgehead atoms. The van der Waals surface area contributed by atoms with Crippen LogP contribution in [0.15, 0.2) is 29.2 Å². The Balaban J connectivity index is 1.93. The van der Waals surface area contributed by atoms with E-state index in [0.717, 1.165) is 5.56 Å². The van der Waals surface area contributed by atoms with E-state index in [1.807, 2.05) is 39.0 Å². The maximum Gasteiger partial charge on any atom is 0.266 e. The van der Waals surface area contributed by atoms with Crippen LogP contribution >= 0.6 is 0 Å². The SMILES string of the molecule is C[S+]([O-])c1ccccc1CNc1nc(NC(C)(C)C)nc(N2CCC(F)(F)C2)c1N. The largest absolute Gasteiger partial charge is 0.612 e. The summed E-state index contributed by atoms with van der Waals surface area (Å²) in [6.45, 7) is 5.94. The van der Waals surface area contributed by atoms with Crippen LogP contribution in [0.3, 0.4) is 0 Å². The van der Waals surface area contributed by atoms with E-state index in [1.165, 1.54) is 4.90 Å². The van der Waals surface area contributed by atoms with Gasteiger partial charge in [-0.25, -0.2) is 8.78 Å². The number of aromatic nitrogens is 2. The second-order valence-corrected chi connectivity index (χ2v) is 9.80. The third kappa shape index (κ3) is 5.42. The number of nitrogens with one attached hydrogen (secondary N) is 2. The Morgan fingerprint density at radius 1 is 1.27 bits per heavy atom. The molecule has 2 aromatic rings. The molecule has 1 aliphatic heterocycles. The van der Waals surface area contributed by atoms with Gasteiger partial charge in [0.15, 0.2) is 16.5 Å². The lowest BCUT2D eigenvalue weighted by Gasteiger charge is -2.25. The van der Waals surface area contributed by atoms with Crippen LogP contribution in [0.5, 0.6) is 0 Å². The average molecular weight is 439 g/mol. The molecule has 0 amide bonds. The zero-order valence-electron chi connectivity index (χ0n) is 17.6. The monoisotopic (exact) mass is 438 g/mol. The molecule has 2 heterocycles. The lowest BCUT2D eigenvalue weighted by Crippen LogP contribution is -2.30. The van der Waals surface area contributed by atoms with E-state index in [-0.39, 0.29) is 30.0 Å². The first-order valence-corrected chi connectivity index (χ1v) is 11.2. The lowest BCUT2D eigenvalue weighted by molar-refractivity contribution is 0.0257. The predicted octanol–water partition coefficient (Wildman–Crippen LogP) is 3.46. The van der Waals surface area contributed by atoms with E-state index in [4.69, 9.17) is 5.73 Å². The van der Waals surface area contributed by atoms with Crippen LogP contribution in [0.25, 0.3) is 0 Å². The van der Waals surface area contributed by atoms with Gasteiger partial charge in [-0.05, 0) is 38.0 Å². The van der Waals surface area contributed by atoms with Crippen LogP contribution in [0.2, 0.25) is 0 Å². The van der Waals surface area contributed by atoms with Gasteiger partial charge in [0, 0.05) is 30.6 Å². The van der Waals surface area contributed by atoms with Crippen molar-refractivity contribution in [2.24, 2.45) is 0 Å². The van der Waals surface area contributed by atoms with E-state index in [9.17, 15) is 13.3 Å². The van der Waals surface area contributed by atoms with Gasteiger partial charge in [0.1, 0.15) is 11.9 Å². The summed E-state index contributed by atoms with van der Waals surface area (Å²) in [6.07, 6.45) is 1.38. The van der Waals surface area contributed by atoms with Gasteiger partial charge in [0.05, 0.1) is 6.54 Å². The van der Waals surface area contributed by atoms with Crippen LogP contribution < -0.4 is 21.3 Å². The third-order valence-corrected chi connectivity index (χ3v) is 5.63. The van der Waals surface area contributed by atoms with Gasteiger partial charge < -0.3 is 25.8 Å². The standard InChI is InChI=1S/C20H28F2N6OS/c1-19(2,3)27-18-25-16(24-11-13-7-5-6-8-14(13)30(4)29)15(23)17(26-18)28-10-9-20(21,22)12-28/h5-8H,9-12,23H2,1-4H3,(H2,24,25,26,27). The molecular weight excluding hydrogens is 410 g/mol. The van der Waals surface area contributed by atoms with E-state index >= 15 is 0 Å². The first-order chi connectivity index (χ1) is 14.0. The highest BCUT2D eigenvalue weighted by atomic mass is 32.2. The first kappa shape index (κ1) is 22.4. The van der Waals surface area contributed by atoms with Crippen LogP contribution in [-0.4, -0.2) is 45.3 Å². The second kappa shape index (κ2) is 8.43. The molecule has 164 valence electrons. The number of nitrogens with zero attached hydrogens (tertiary/aromatic N) is 3. The van der Waals surface area contributed by atoms with Crippen molar-refractivity contribution in [3.05, 3.63) is 29.8 Å². The highest BCUT2D eigenvalue weighted by molar-refractivity contribution is 7.90. The zero-order chi connectivity index (χ0) is 22.1. The predicted molar refractivity (Wildman–Crippen MR) is 118 cm³/mol. The Morgan fingerprint density at radius 3 is 2.57 bits per heavy atom. The van der Waals surface area contributed by atoms with Crippen molar-refractivity contribution in [2.75, 3.05) is 40.6 Å². The number of anilines is 4. The van der Waals surface area contributed by atoms with Gasteiger partial charge >= 0.3 is 0 Å². The number of hydrogen-bond donors (Lipinski definition) is 3. The quantitative estimate of drug-likeness (QED) is 0.594. The minimum absolute atomic E-state index is 0.167. The van der Waals surface area contributed by atoms with Crippen LogP contribution in [-0.2, 0) is 17.7 Å².